The van der Waals surface area contributed by atoms with Gasteiger partial charge in [-0.3, -0.25) is 9.69 Å². The van der Waals surface area contributed by atoms with Gasteiger partial charge in [-0.05, 0) is 23.8 Å². The average Bonchev–Trinajstić information content (AvgIpc) is 3.05. The van der Waals surface area contributed by atoms with Crippen molar-refractivity contribution in [1.82, 2.24) is 19.6 Å². The molecule has 0 aliphatic carbocycles. The van der Waals surface area contributed by atoms with Crippen LogP contribution in [0.25, 0.3) is 0 Å². The Morgan fingerprint density at radius 2 is 1.92 bits per heavy atom. The van der Waals surface area contributed by atoms with E-state index in [1.54, 1.807) is 6.07 Å². The Bertz CT molecular complexity index is 711. The van der Waals surface area contributed by atoms with E-state index in [1.165, 1.54) is 29.3 Å². The Kier molecular flexibility index (Phi) is 4.84. The molecule has 2 aromatic rings. The van der Waals surface area contributed by atoms with Crippen LogP contribution in [0.1, 0.15) is 22.6 Å². The summed E-state index contributed by atoms with van der Waals surface area (Å²) in [5.74, 6) is -0.722. The molecule has 24 heavy (non-hydrogen) atoms. The van der Waals surface area contributed by atoms with Gasteiger partial charge in [-0.1, -0.05) is 12.1 Å². The number of benzene rings is 1. The van der Waals surface area contributed by atoms with Crippen LogP contribution in [-0.2, 0) is 6.54 Å². The molecule has 1 fully saturated rings. The fraction of sp³-hybridized carbons (Fsp3) is 0.375. The maximum Gasteiger partial charge on any atom is 0.333 e. The maximum atomic E-state index is 13.2. The molecule has 2 heterocycles. The van der Waals surface area contributed by atoms with Crippen LogP contribution in [0, 0.1) is 5.82 Å². The molecule has 1 aromatic heterocycles. The number of alkyl halides is 2. The molecule has 5 nitrogen and oxygen atoms in total. The first-order valence-electron chi connectivity index (χ1n) is 7.62. The molecule has 0 unspecified atom stereocenters. The van der Waals surface area contributed by atoms with Crippen molar-refractivity contribution in [2.75, 3.05) is 26.2 Å². The largest absolute Gasteiger partial charge is 0.335 e. The maximum absolute atomic E-state index is 13.2. The van der Waals surface area contributed by atoms with Gasteiger partial charge in [-0.25, -0.2) is 4.39 Å². The van der Waals surface area contributed by atoms with Gasteiger partial charge in [0.05, 0.1) is 0 Å². The van der Waals surface area contributed by atoms with Crippen LogP contribution in [0.3, 0.4) is 0 Å². The zero-order valence-corrected chi connectivity index (χ0v) is 12.9. The number of nitrogens with zero attached hydrogens (tertiary/aromatic N) is 4. The zero-order valence-electron chi connectivity index (χ0n) is 12.9. The molecule has 0 radical (unpaired) electrons. The van der Waals surface area contributed by atoms with Crippen molar-refractivity contribution in [3.8, 4) is 0 Å². The Labute approximate surface area is 137 Å². The number of piperazine rings is 1. The summed E-state index contributed by atoms with van der Waals surface area (Å²) in [6, 6.07) is 7.69. The topological polar surface area (TPSA) is 41.4 Å². The average molecular weight is 338 g/mol. The second-order valence-electron chi connectivity index (χ2n) is 5.64. The number of hydrogen-bond donors (Lipinski definition) is 0. The molecule has 128 valence electrons. The molecule has 0 atom stereocenters. The molecular weight excluding hydrogens is 321 g/mol. The normalized spacial score (nSPS) is 15.9. The molecule has 0 bridgehead atoms. The van der Waals surface area contributed by atoms with E-state index in [0.29, 0.717) is 37.4 Å². The molecule has 1 aliphatic heterocycles. The molecule has 1 aliphatic rings. The molecule has 0 spiro atoms. The van der Waals surface area contributed by atoms with Crippen molar-refractivity contribution in [2.45, 2.75) is 13.1 Å². The van der Waals surface area contributed by atoms with Gasteiger partial charge >= 0.3 is 6.55 Å². The van der Waals surface area contributed by atoms with Gasteiger partial charge in [-0.2, -0.15) is 18.6 Å². The number of carbonyl (C=O) groups is 1. The number of halogens is 3. The van der Waals surface area contributed by atoms with Crippen LogP contribution >= 0.6 is 0 Å². The molecule has 1 saturated heterocycles. The monoisotopic (exact) mass is 338 g/mol. The second kappa shape index (κ2) is 7.04. The molecule has 1 amide bonds. The van der Waals surface area contributed by atoms with Crippen molar-refractivity contribution in [1.29, 1.82) is 0 Å². The molecule has 0 N–H and O–H groups in total. The summed E-state index contributed by atoms with van der Waals surface area (Å²) in [7, 11) is 0. The highest BCUT2D eigenvalue weighted by Crippen LogP contribution is 2.16. The summed E-state index contributed by atoms with van der Waals surface area (Å²) in [4.78, 5) is 16.0. The standard InChI is InChI=1S/C16H17F3N4O/c17-13-3-1-2-12(10-13)11-21-6-8-22(9-7-21)15(24)14-4-5-20-23(14)16(18)19/h1-5,10,16H,6-9,11H2. The van der Waals surface area contributed by atoms with Gasteiger partial charge in [0.1, 0.15) is 11.5 Å². The fourth-order valence-corrected chi connectivity index (χ4v) is 2.80. The predicted molar refractivity (Wildman–Crippen MR) is 81.1 cm³/mol. The van der Waals surface area contributed by atoms with E-state index in [9.17, 15) is 18.0 Å². The van der Waals surface area contributed by atoms with E-state index in [-0.39, 0.29) is 11.5 Å². The van der Waals surface area contributed by atoms with Gasteiger partial charge in [-0.15, -0.1) is 0 Å². The molecule has 0 saturated carbocycles. The van der Waals surface area contributed by atoms with Crippen LogP contribution < -0.4 is 0 Å². The number of carbonyl (C=O) groups excluding carboxylic acids is 1. The minimum atomic E-state index is -2.84. The first-order chi connectivity index (χ1) is 11.5. The summed E-state index contributed by atoms with van der Waals surface area (Å²) in [5, 5.41) is 3.48. The zero-order chi connectivity index (χ0) is 17.1. The van der Waals surface area contributed by atoms with Crippen LogP contribution in [0.4, 0.5) is 13.2 Å². The summed E-state index contributed by atoms with van der Waals surface area (Å²) >= 11 is 0. The van der Waals surface area contributed by atoms with Crippen LogP contribution in [-0.4, -0.2) is 51.7 Å². The van der Waals surface area contributed by atoms with Gasteiger partial charge in [0.2, 0.25) is 0 Å². The van der Waals surface area contributed by atoms with E-state index in [2.05, 4.69) is 10.00 Å². The molecule has 3 rings (SSSR count). The van der Waals surface area contributed by atoms with E-state index >= 15 is 0 Å². The lowest BCUT2D eigenvalue weighted by atomic mass is 10.2. The van der Waals surface area contributed by atoms with Gasteiger partial charge in [0.25, 0.3) is 5.91 Å². The van der Waals surface area contributed by atoms with Crippen LogP contribution in [0.2, 0.25) is 0 Å². The van der Waals surface area contributed by atoms with Gasteiger partial charge in [0.15, 0.2) is 0 Å². The Morgan fingerprint density at radius 3 is 2.58 bits per heavy atom. The van der Waals surface area contributed by atoms with Crippen molar-refractivity contribution in [2.24, 2.45) is 0 Å². The Morgan fingerprint density at radius 1 is 1.17 bits per heavy atom. The molecular formula is C16H17F3N4O. The summed E-state index contributed by atoms with van der Waals surface area (Å²) in [6.45, 7) is -0.177. The Balaban J connectivity index is 1.58. The van der Waals surface area contributed by atoms with Crippen molar-refractivity contribution in [3.05, 3.63) is 53.6 Å². The van der Waals surface area contributed by atoms with E-state index in [0.717, 1.165) is 5.56 Å². The lowest BCUT2D eigenvalue weighted by Gasteiger charge is -2.34. The lowest BCUT2D eigenvalue weighted by Crippen LogP contribution is -2.48. The first-order valence-corrected chi connectivity index (χ1v) is 7.62. The van der Waals surface area contributed by atoms with Gasteiger partial charge < -0.3 is 4.90 Å². The predicted octanol–water partition coefficient (Wildman–Crippen LogP) is 2.38. The van der Waals surface area contributed by atoms with E-state index < -0.39 is 12.5 Å². The minimum Gasteiger partial charge on any atom is -0.335 e. The number of aromatic nitrogens is 2. The van der Waals surface area contributed by atoms with Gasteiger partial charge in [0, 0.05) is 38.9 Å². The van der Waals surface area contributed by atoms with E-state index in [1.807, 2.05) is 6.07 Å². The van der Waals surface area contributed by atoms with Crippen LogP contribution in [0.5, 0.6) is 0 Å². The number of rotatable bonds is 4. The van der Waals surface area contributed by atoms with Crippen molar-refractivity contribution >= 4 is 5.91 Å². The summed E-state index contributed by atoms with van der Waals surface area (Å²) in [6.07, 6.45) is 1.19. The highest BCUT2D eigenvalue weighted by atomic mass is 19.3. The fourth-order valence-electron chi connectivity index (χ4n) is 2.80. The van der Waals surface area contributed by atoms with Crippen molar-refractivity contribution < 1.29 is 18.0 Å². The second-order valence-corrected chi connectivity index (χ2v) is 5.64. The molecule has 1 aromatic carbocycles. The van der Waals surface area contributed by atoms with E-state index in [4.69, 9.17) is 0 Å². The molecule has 8 heteroatoms. The SMILES string of the molecule is O=C(c1ccnn1C(F)F)N1CCN(Cc2cccc(F)c2)CC1. The summed E-state index contributed by atoms with van der Waals surface area (Å²) in [5.41, 5.74) is 0.758. The third-order valence-electron chi connectivity index (χ3n) is 4.03. The number of hydrogen-bond acceptors (Lipinski definition) is 3. The highest BCUT2D eigenvalue weighted by molar-refractivity contribution is 5.92. The summed E-state index contributed by atoms with van der Waals surface area (Å²) < 4.78 is 39.3. The van der Waals surface area contributed by atoms with Crippen molar-refractivity contribution in [3.63, 3.8) is 0 Å². The number of amides is 1. The quantitative estimate of drug-likeness (QED) is 0.859. The smallest absolute Gasteiger partial charge is 0.333 e. The minimum absolute atomic E-state index is 0.108. The van der Waals surface area contributed by atoms with Crippen LogP contribution in [0.15, 0.2) is 36.5 Å². The third-order valence-corrected chi connectivity index (χ3v) is 4.03. The highest BCUT2D eigenvalue weighted by Gasteiger charge is 2.26. The first kappa shape index (κ1) is 16.5. The third kappa shape index (κ3) is 3.59. The Hall–Kier alpha value is -2.35. The lowest BCUT2D eigenvalue weighted by molar-refractivity contribution is 0.0424.